The van der Waals surface area contributed by atoms with Crippen LogP contribution in [-0.2, 0) is 15.1 Å². The number of amidine groups is 1. The van der Waals surface area contributed by atoms with E-state index in [4.69, 9.17) is 9.26 Å². The van der Waals surface area contributed by atoms with Crippen LogP contribution in [0.25, 0.3) is 10.4 Å². The van der Waals surface area contributed by atoms with Gasteiger partial charge in [0.2, 0.25) is 5.91 Å². The first-order valence-electron chi connectivity index (χ1n) is 12.5. The highest BCUT2D eigenvalue weighted by Gasteiger charge is 2.48. The summed E-state index contributed by atoms with van der Waals surface area (Å²) in [5.74, 6) is -0.256. The molecule has 0 unspecified atom stereocenters. The molecule has 10 nitrogen and oxygen atoms in total. The third-order valence-electron chi connectivity index (χ3n) is 7.33. The number of aliphatic hydroxyl groups is 1. The van der Waals surface area contributed by atoms with Gasteiger partial charge in [0.05, 0.1) is 35.3 Å². The first kappa shape index (κ1) is 26.1. The zero-order chi connectivity index (χ0) is 27.2. The second-order valence-corrected chi connectivity index (χ2v) is 11.1. The van der Waals surface area contributed by atoms with Gasteiger partial charge in [-0.25, -0.2) is 4.98 Å². The highest BCUT2D eigenvalue weighted by molar-refractivity contribution is 7.13. The van der Waals surface area contributed by atoms with Gasteiger partial charge in [0.1, 0.15) is 17.3 Å². The monoisotopic (exact) mass is 537 g/mol. The Labute approximate surface area is 224 Å². The number of hydrogen-bond donors (Lipinski definition) is 2. The molecule has 4 heterocycles. The standard InChI is InChI=1S/C27H31N5O5S/c1-14(2)22(20-11-21(36-5)31-37-20)25(34)32-12-18(33)10-19(32)24-29-26(35)27(4,30-24)17-8-6-16(7-9-17)23-15(3)28-13-38-23/h6-9,11,13-14,18-19,22,33H,10,12H2,1-5H3,(H,29,30,35)/t18-,19-,22+,27-/m1/s1. The maximum absolute atomic E-state index is 13.8. The SMILES string of the molecule is COc1cc([C@@H](C(=O)N2C[C@H](O)C[C@@H]2C2=NC(=O)[C@@](C)(c3ccc(-c4scnc4C)cc3)N2)C(C)C)on1. The number of thiazole rings is 1. The molecule has 2 aliphatic heterocycles. The highest BCUT2D eigenvalue weighted by atomic mass is 32.1. The Hall–Kier alpha value is -3.57. The van der Waals surface area contributed by atoms with Gasteiger partial charge in [-0.3, -0.25) is 9.59 Å². The van der Waals surface area contributed by atoms with Gasteiger partial charge in [0.15, 0.2) is 5.76 Å². The molecule has 200 valence electrons. The molecule has 0 radical (unpaired) electrons. The summed E-state index contributed by atoms with van der Waals surface area (Å²) in [5, 5.41) is 17.7. The smallest absolute Gasteiger partial charge is 0.277 e. The number of carbonyl (C=O) groups excluding carboxylic acids is 2. The minimum absolute atomic E-state index is 0.107. The fraction of sp³-hybridized carbons (Fsp3) is 0.444. The van der Waals surface area contributed by atoms with Crippen molar-refractivity contribution in [1.29, 1.82) is 0 Å². The van der Waals surface area contributed by atoms with Gasteiger partial charge in [-0.1, -0.05) is 38.1 Å². The number of rotatable bonds is 7. The minimum atomic E-state index is -1.09. The third-order valence-corrected chi connectivity index (χ3v) is 8.31. The van der Waals surface area contributed by atoms with E-state index in [1.807, 2.05) is 50.5 Å². The first-order chi connectivity index (χ1) is 18.1. The average Bonchev–Trinajstić information content (AvgIpc) is 3.67. The van der Waals surface area contributed by atoms with Crippen LogP contribution in [0.3, 0.4) is 0 Å². The summed E-state index contributed by atoms with van der Waals surface area (Å²) >= 11 is 1.57. The minimum Gasteiger partial charge on any atom is -0.479 e. The lowest BCUT2D eigenvalue weighted by Crippen LogP contribution is -2.51. The summed E-state index contributed by atoms with van der Waals surface area (Å²) in [6.45, 7) is 7.72. The second-order valence-electron chi connectivity index (χ2n) is 10.3. The second kappa shape index (κ2) is 9.95. The predicted molar refractivity (Wildman–Crippen MR) is 142 cm³/mol. The molecule has 38 heavy (non-hydrogen) atoms. The van der Waals surface area contributed by atoms with Crippen LogP contribution in [0.2, 0.25) is 0 Å². The van der Waals surface area contributed by atoms with E-state index in [9.17, 15) is 14.7 Å². The van der Waals surface area contributed by atoms with Gasteiger partial charge in [0.25, 0.3) is 11.8 Å². The quantitative estimate of drug-likeness (QED) is 0.470. The first-order valence-corrected chi connectivity index (χ1v) is 13.4. The van der Waals surface area contributed by atoms with Crippen molar-refractivity contribution in [2.45, 2.75) is 57.7 Å². The number of nitrogens with zero attached hydrogens (tertiary/aromatic N) is 4. The van der Waals surface area contributed by atoms with Crippen molar-refractivity contribution in [3.8, 4) is 16.3 Å². The summed E-state index contributed by atoms with van der Waals surface area (Å²) in [6.07, 6.45) is -0.468. The topological polar surface area (TPSA) is 130 Å². The number of likely N-dealkylation sites (tertiary alicyclic amines) is 1. The van der Waals surface area contributed by atoms with E-state index in [1.54, 1.807) is 29.2 Å². The number of carbonyl (C=O) groups is 2. The predicted octanol–water partition coefficient (Wildman–Crippen LogP) is 3.26. The van der Waals surface area contributed by atoms with E-state index in [2.05, 4.69) is 20.4 Å². The molecule has 1 fully saturated rings. The summed E-state index contributed by atoms with van der Waals surface area (Å²) in [7, 11) is 1.48. The maximum atomic E-state index is 13.8. The molecule has 3 aromatic rings. The highest BCUT2D eigenvalue weighted by Crippen LogP contribution is 2.35. The van der Waals surface area contributed by atoms with Gasteiger partial charge >= 0.3 is 0 Å². The molecule has 2 aliphatic rings. The van der Waals surface area contributed by atoms with Crippen LogP contribution in [0.1, 0.15) is 50.1 Å². The molecule has 2 N–H and O–H groups in total. The molecule has 2 amide bonds. The van der Waals surface area contributed by atoms with Crippen LogP contribution in [-0.4, -0.2) is 63.6 Å². The van der Waals surface area contributed by atoms with Gasteiger partial charge in [-0.05, 0) is 36.0 Å². The van der Waals surface area contributed by atoms with Gasteiger partial charge < -0.3 is 24.6 Å². The number of aliphatic hydroxyl groups excluding tert-OH is 1. The lowest BCUT2D eigenvalue weighted by atomic mass is 9.90. The van der Waals surface area contributed by atoms with Crippen molar-refractivity contribution in [2.75, 3.05) is 13.7 Å². The normalized spacial score (nSPS) is 24.0. The Balaban J connectivity index is 1.39. The summed E-state index contributed by atoms with van der Waals surface area (Å²) in [4.78, 5) is 38.4. The van der Waals surface area contributed by atoms with E-state index in [0.29, 0.717) is 11.6 Å². The van der Waals surface area contributed by atoms with Crippen molar-refractivity contribution >= 4 is 29.0 Å². The summed E-state index contributed by atoms with van der Waals surface area (Å²) in [6, 6.07) is 8.80. The number of benzene rings is 1. The zero-order valence-corrected chi connectivity index (χ0v) is 22.8. The van der Waals surface area contributed by atoms with E-state index < -0.39 is 23.6 Å². The Morgan fingerprint density at radius 1 is 1.32 bits per heavy atom. The Morgan fingerprint density at radius 3 is 2.66 bits per heavy atom. The van der Waals surface area contributed by atoms with Crippen molar-refractivity contribution in [1.82, 2.24) is 20.4 Å². The van der Waals surface area contributed by atoms with Crippen molar-refractivity contribution < 1.29 is 24.0 Å². The Bertz CT molecular complexity index is 1380. The van der Waals surface area contributed by atoms with Crippen LogP contribution in [0, 0.1) is 12.8 Å². The number of β-amino-alcohol motifs (C(OH)–C–C–N with tert-alkyl or cyclic N) is 1. The number of amides is 2. The molecule has 0 bridgehead atoms. The molecule has 0 aliphatic carbocycles. The number of hydrogen-bond acceptors (Lipinski definition) is 9. The zero-order valence-electron chi connectivity index (χ0n) is 22.0. The summed E-state index contributed by atoms with van der Waals surface area (Å²) < 4.78 is 10.5. The number of nitrogens with one attached hydrogen (secondary N) is 1. The largest absolute Gasteiger partial charge is 0.479 e. The van der Waals surface area contributed by atoms with Crippen molar-refractivity contribution in [3.05, 3.63) is 52.9 Å². The van der Waals surface area contributed by atoms with Gasteiger partial charge in [-0.2, -0.15) is 4.99 Å². The van der Waals surface area contributed by atoms with Crippen molar-refractivity contribution in [2.24, 2.45) is 10.9 Å². The van der Waals surface area contributed by atoms with E-state index >= 15 is 0 Å². The molecule has 11 heteroatoms. The molecule has 1 saturated heterocycles. The molecule has 1 aromatic carbocycles. The number of aromatic nitrogens is 2. The Kier molecular flexibility index (Phi) is 6.83. The Morgan fingerprint density at radius 2 is 2.05 bits per heavy atom. The van der Waals surface area contributed by atoms with Gasteiger partial charge in [-0.15, -0.1) is 11.3 Å². The fourth-order valence-corrected chi connectivity index (χ4v) is 6.00. The third kappa shape index (κ3) is 4.49. The molecule has 0 spiro atoms. The number of methoxy groups -OCH3 is 1. The average molecular weight is 538 g/mol. The number of aryl methyl sites for hydroxylation is 1. The van der Waals surface area contributed by atoms with Crippen LogP contribution in [0.15, 0.2) is 45.4 Å². The lowest BCUT2D eigenvalue weighted by molar-refractivity contribution is -0.134. The number of aliphatic imine (C=N–C) groups is 1. The maximum Gasteiger partial charge on any atom is 0.277 e. The van der Waals surface area contributed by atoms with Crippen molar-refractivity contribution in [3.63, 3.8) is 0 Å². The van der Waals surface area contributed by atoms with E-state index in [-0.39, 0.29) is 36.6 Å². The van der Waals surface area contributed by atoms with Gasteiger partial charge in [0, 0.05) is 19.0 Å². The van der Waals surface area contributed by atoms with Crippen LogP contribution in [0.5, 0.6) is 5.88 Å². The number of ether oxygens (including phenoxy) is 1. The van der Waals surface area contributed by atoms with Crippen LogP contribution >= 0.6 is 11.3 Å². The molecule has 4 atom stereocenters. The summed E-state index contributed by atoms with van der Waals surface area (Å²) in [5.41, 5.74) is 3.48. The van der Waals surface area contributed by atoms with E-state index in [1.165, 1.54) is 7.11 Å². The van der Waals surface area contributed by atoms with Crippen LogP contribution < -0.4 is 10.1 Å². The van der Waals surface area contributed by atoms with E-state index in [0.717, 1.165) is 21.7 Å². The lowest BCUT2D eigenvalue weighted by Gasteiger charge is -2.31. The molecule has 2 aromatic heterocycles. The van der Waals surface area contributed by atoms with Crippen LogP contribution in [0.4, 0.5) is 0 Å². The molecule has 5 rings (SSSR count). The molecule has 0 saturated carbocycles. The molecular formula is C27H31N5O5S. The molecular weight excluding hydrogens is 506 g/mol. The fourth-order valence-electron chi connectivity index (χ4n) is 5.19.